The molecule has 2 aliphatic heterocycles. The molecule has 2 aliphatic rings. The van der Waals surface area contributed by atoms with Crippen molar-refractivity contribution in [2.45, 2.75) is 19.1 Å². The second kappa shape index (κ2) is 7.01. The highest BCUT2D eigenvalue weighted by Gasteiger charge is 2.48. The van der Waals surface area contributed by atoms with Gasteiger partial charge in [0.05, 0.1) is 30.3 Å². The molecule has 33 heavy (non-hydrogen) atoms. The van der Waals surface area contributed by atoms with Crippen molar-refractivity contribution in [2.24, 2.45) is 0 Å². The van der Waals surface area contributed by atoms with Gasteiger partial charge in [0.25, 0.3) is 5.91 Å². The third-order valence-electron chi connectivity index (χ3n) is 5.88. The van der Waals surface area contributed by atoms with Crippen molar-refractivity contribution < 1.29 is 18.3 Å². The number of fused-ring (bicyclic) bond motifs is 1. The van der Waals surface area contributed by atoms with Gasteiger partial charge in [0.2, 0.25) is 0 Å². The number of ether oxygens (including phenoxy) is 1. The van der Waals surface area contributed by atoms with Crippen LogP contribution in [0.5, 0.6) is 0 Å². The summed E-state index contributed by atoms with van der Waals surface area (Å²) in [4.78, 5) is 25.9. The predicted molar refractivity (Wildman–Crippen MR) is 114 cm³/mol. The molecule has 0 saturated carbocycles. The minimum Gasteiger partial charge on any atom is -0.367 e. The minimum absolute atomic E-state index is 0.0838. The van der Waals surface area contributed by atoms with Crippen molar-refractivity contribution in [1.29, 1.82) is 0 Å². The standard InChI is InChI=1S/C22H17F2N7O2/c1-22-15-17(25-6-7-33-22)27-19(28-18(15)29-21(22)32)16-13-8-12(23)9-26-20(13)31(30-16)10-11-4-2-3-5-14(11)24/h2-5,8-9H,6-7,10H2,1H3,(H2,25,27,28,29,32). The van der Waals surface area contributed by atoms with E-state index in [2.05, 4.69) is 30.7 Å². The number of carbonyl (C=O) groups is 1. The fourth-order valence-electron chi connectivity index (χ4n) is 4.24. The Kier molecular flexibility index (Phi) is 4.18. The lowest BCUT2D eigenvalue weighted by atomic mass is 9.99. The van der Waals surface area contributed by atoms with Crippen LogP contribution in [0.3, 0.4) is 0 Å². The molecule has 4 aromatic rings. The summed E-state index contributed by atoms with van der Waals surface area (Å²) in [6, 6.07) is 7.62. The van der Waals surface area contributed by atoms with Gasteiger partial charge in [-0.05, 0) is 19.1 Å². The van der Waals surface area contributed by atoms with Crippen LogP contribution in [0.2, 0.25) is 0 Å². The summed E-state index contributed by atoms with van der Waals surface area (Å²) >= 11 is 0. The first-order valence-corrected chi connectivity index (χ1v) is 10.3. The van der Waals surface area contributed by atoms with E-state index in [1.54, 1.807) is 25.1 Å². The lowest BCUT2D eigenvalue weighted by molar-refractivity contribution is -0.138. The Bertz CT molecular complexity index is 1450. The number of amides is 1. The molecule has 1 atom stereocenters. The molecule has 1 aromatic carbocycles. The van der Waals surface area contributed by atoms with Crippen molar-refractivity contribution in [3.63, 3.8) is 0 Å². The van der Waals surface area contributed by atoms with Crippen molar-refractivity contribution >= 4 is 28.6 Å². The molecule has 0 saturated heterocycles. The van der Waals surface area contributed by atoms with Crippen LogP contribution < -0.4 is 10.6 Å². The Balaban J connectivity index is 1.54. The first-order valence-electron chi connectivity index (χ1n) is 10.3. The third-order valence-corrected chi connectivity index (χ3v) is 5.88. The smallest absolute Gasteiger partial charge is 0.262 e. The molecular formula is C22H17F2N7O2. The highest BCUT2D eigenvalue weighted by molar-refractivity contribution is 6.06. The van der Waals surface area contributed by atoms with Gasteiger partial charge in [0.1, 0.15) is 29.0 Å². The first-order chi connectivity index (χ1) is 15.9. The van der Waals surface area contributed by atoms with Crippen molar-refractivity contribution in [2.75, 3.05) is 23.8 Å². The van der Waals surface area contributed by atoms with Crippen LogP contribution in [0.25, 0.3) is 22.6 Å². The maximum Gasteiger partial charge on any atom is 0.262 e. The number of hydrogen-bond donors (Lipinski definition) is 2. The molecule has 0 aliphatic carbocycles. The Labute approximate surface area is 185 Å². The van der Waals surface area contributed by atoms with Gasteiger partial charge in [0.15, 0.2) is 17.1 Å². The highest BCUT2D eigenvalue weighted by atomic mass is 19.1. The SMILES string of the molecule is CC12OCCNc3nc(-c4nn(Cc5ccccc5F)c5ncc(F)cc45)nc(c31)NC2=O. The lowest BCUT2D eigenvalue weighted by Crippen LogP contribution is -2.34. The molecule has 11 heteroatoms. The molecule has 5 heterocycles. The lowest BCUT2D eigenvalue weighted by Gasteiger charge is -2.20. The Morgan fingerprint density at radius 3 is 2.88 bits per heavy atom. The van der Waals surface area contributed by atoms with E-state index in [4.69, 9.17) is 4.74 Å². The number of halogens is 2. The van der Waals surface area contributed by atoms with E-state index >= 15 is 0 Å². The minimum atomic E-state index is -1.20. The fraction of sp³-hybridized carbons (Fsp3) is 0.227. The van der Waals surface area contributed by atoms with Crippen LogP contribution in [0.4, 0.5) is 20.4 Å². The molecule has 9 nitrogen and oxygen atoms in total. The molecule has 0 fully saturated rings. The van der Waals surface area contributed by atoms with Gasteiger partial charge in [0, 0.05) is 12.1 Å². The number of anilines is 2. The average molecular weight is 449 g/mol. The van der Waals surface area contributed by atoms with Crippen LogP contribution in [0.15, 0.2) is 36.5 Å². The summed E-state index contributed by atoms with van der Waals surface area (Å²) in [5.74, 6) is -0.358. The maximum absolute atomic E-state index is 14.3. The van der Waals surface area contributed by atoms with Gasteiger partial charge in [-0.15, -0.1) is 0 Å². The Hall–Kier alpha value is -3.99. The molecule has 1 unspecified atom stereocenters. The second-order valence-electron chi connectivity index (χ2n) is 8.00. The fourth-order valence-corrected chi connectivity index (χ4v) is 4.24. The van der Waals surface area contributed by atoms with E-state index in [-0.39, 0.29) is 29.8 Å². The normalized spacial score (nSPS) is 19.2. The summed E-state index contributed by atoms with van der Waals surface area (Å²) in [5, 5.41) is 10.8. The summed E-state index contributed by atoms with van der Waals surface area (Å²) in [7, 11) is 0. The largest absolute Gasteiger partial charge is 0.367 e. The average Bonchev–Trinajstić information content (AvgIpc) is 3.19. The zero-order chi connectivity index (χ0) is 22.7. The Morgan fingerprint density at radius 1 is 1.21 bits per heavy atom. The summed E-state index contributed by atoms with van der Waals surface area (Å²) in [6.07, 6.45) is 1.08. The number of carbonyl (C=O) groups excluding carboxylic acids is 1. The zero-order valence-electron chi connectivity index (χ0n) is 17.4. The van der Waals surface area contributed by atoms with Crippen LogP contribution in [0.1, 0.15) is 18.1 Å². The molecule has 6 rings (SSSR count). The number of nitrogens with zero attached hydrogens (tertiary/aromatic N) is 5. The number of pyridine rings is 1. The Morgan fingerprint density at radius 2 is 2.03 bits per heavy atom. The van der Waals surface area contributed by atoms with E-state index in [1.807, 2.05) is 0 Å². The van der Waals surface area contributed by atoms with Crippen LogP contribution in [-0.4, -0.2) is 43.8 Å². The van der Waals surface area contributed by atoms with Gasteiger partial charge < -0.3 is 15.4 Å². The first kappa shape index (κ1) is 19.7. The highest BCUT2D eigenvalue weighted by Crippen LogP contribution is 2.43. The number of aromatic nitrogens is 5. The molecular weight excluding hydrogens is 432 g/mol. The van der Waals surface area contributed by atoms with Crippen molar-refractivity contribution in [1.82, 2.24) is 24.7 Å². The van der Waals surface area contributed by atoms with Gasteiger partial charge in [-0.3, -0.25) is 4.79 Å². The summed E-state index contributed by atoms with van der Waals surface area (Å²) in [5.41, 5.74) is 0.347. The number of nitrogens with one attached hydrogen (secondary N) is 2. The van der Waals surface area contributed by atoms with Crippen LogP contribution in [-0.2, 0) is 21.7 Å². The van der Waals surface area contributed by atoms with Crippen LogP contribution in [0, 0.1) is 11.6 Å². The molecule has 0 bridgehead atoms. The molecule has 1 amide bonds. The molecule has 0 radical (unpaired) electrons. The maximum atomic E-state index is 14.3. The molecule has 2 N–H and O–H groups in total. The van der Waals surface area contributed by atoms with E-state index in [1.165, 1.54) is 16.8 Å². The molecule has 3 aromatic heterocycles. The van der Waals surface area contributed by atoms with Gasteiger partial charge in [-0.1, -0.05) is 18.2 Å². The zero-order valence-corrected chi connectivity index (χ0v) is 17.4. The van der Waals surface area contributed by atoms with E-state index in [0.29, 0.717) is 46.9 Å². The number of rotatable bonds is 3. The second-order valence-corrected chi connectivity index (χ2v) is 8.00. The summed E-state index contributed by atoms with van der Waals surface area (Å²) < 4.78 is 35.6. The van der Waals surface area contributed by atoms with E-state index in [0.717, 1.165) is 6.20 Å². The molecule has 166 valence electrons. The van der Waals surface area contributed by atoms with Gasteiger partial charge in [-0.2, -0.15) is 5.10 Å². The topological polar surface area (TPSA) is 107 Å². The van der Waals surface area contributed by atoms with E-state index in [9.17, 15) is 13.6 Å². The third kappa shape index (κ3) is 2.96. The number of benzene rings is 1. The molecule has 0 spiro atoms. The van der Waals surface area contributed by atoms with Crippen molar-refractivity contribution in [3.8, 4) is 11.5 Å². The number of hydrogen-bond acceptors (Lipinski definition) is 7. The predicted octanol–water partition coefficient (Wildman–Crippen LogP) is 2.82. The summed E-state index contributed by atoms with van der Waals surface area (Å²) in [6.45, 7) is 2.51. The monoisotopic (exact) mass is 449 g/mol. The van der Waals surface area contributed by atoms with Gasteiger partial charge >= 0.3 is 0 Å². The quantitative estimate of drug-likeness (QED) is 0.495. The van der Waals surface area contributed by atoms with Gasteiger partial charge in [-0.25, -0.2) is 28.4 Å². The van der Waals surface area contributed by atoms with E-state index < -0.39 is 11.4 Å². The van der Waals surface area contributed by atoms with Crippen molar-refractivity contribution in [3.05, 3.63) is 59.3 Å². The van der Waals surface area contributed by atoms with Crippen LogP contribution >= 0.6 is 0 Å².